The maximum Gasteiger partial charge on any atom is 0.342 e. The van der Waals surface area contributed by atoms with Crippen LogP contribution in [-0.2, 0) is 15.1 Å². The van der Waals surface area contributed by atoms with Crippen molar-refractivity contribution in [3.8, 4) is 5.75 Å². The van der Waals surface area contributed by atoms with Crippen LogP contribution in [0.4, 0.5) is 0 Å². The van der Waals surface area contributed by atoms with E-state index in [1.807, 2.05) is 13.8 Å². The number of methoxy groups -OCH3 is 2. The molecule has 1 rings (SSSR count). The van der Waals surface area contributed by atoms with Crippen LogP contribution in [0.1, 0.15) is 25.8 Å². The van der Waals surface area contributed by atoms with Gasteiger partial charge in [-0.05, 0) is 30.0 Å². The van der Waals surface area contributed by atoms with Gasteiger partial charge in [0.25, 0.3) is 0 Å². The molecule has 4 heteroatoms. The van der Waals surface area contributed by atoms with Crippen LogP contribution in [0, 0.1) is 5.92 Å². The minimum atomic E-state index is -1.62. The fourth-order valence-corrected chi connectivity index (χ4v) is 1.90. The summed E-state index contributed by atoms with van der Waals surface area (Å²) in [6.45, 7) is 3.74. The molecule has 18 heavy (non-hydrogen) atoms. The van der Waals surface area contributed by atoms with Crippen molar-refractivity contribution in [1.82, 2.24) is 0 Å². The van der Waals surface area contributed by atoms with Crippen molar-refractivity contribution in [2.45, 2.75) is 25.9 Å². The fourth-order valence-electron chi connectivity index (χ4n) is 1.90. The molecule has 0 saturated heterocycles. The topological polar surface area (TPSA) is 55.8 Å². The Morgan fingerprint density at radius 3 is 2.28 bits per heavy atom. The number of hydrogen-bond acceptors (Lipinski definition) is 4. The van der Waals surface area contributed by atoms with Crippen molar-refractivity contribution in [2.75, 3.05) is 14.2 Å². The van der Waals surface area contributed by atoms with E-state index in [1.54, 1.807) is 31.4 Å². The second-order valence-electron chi connectivity index (χ2n) is 4.30. The first kappa shape index (κ1) is 14.5. The lowest BCUT2D eigenvalue weighted by Gasteiger charge is -2.31. The third kappa shape index (κ3) is 2.48. The molecule has 0 saturated carbocycles. The Morgan fingerprint density at radius 1 is 1.33 bits per heavy atom. The Labute approximate surface area is 108 Å². The molecule has 0 spiro atoms. The molecular formula is C14H20O4. The summed E-state index contributed by atoms with van der Waals surface area (Å²) in [5.74, 6) is -0.199. The van der Waals surface area contributed by atoms with Crippen LogP contribution in [0.2, 0.25) is 0 Å². The molecule has 4 nitrogen and oxygen atoms in total. The molecule has 0 aromatic heterocycles. The van der Waals surface area contributed by atoms with Crippen molar-refractivity contribution >= 4 is 5.97 Å². The molecule has 0 radical (unpaired) electrons. The van der Waals surface area contributed by atoms with Gasteiger partial charge in [-0.2, -0.15) is 0 Å². The lowest BCUT2D eigenvalue weighted by atomic mass is 9.81. The van der Waals surface area contributed by atoms with E-state index < -0.39 is 11.6 Å². The smallest absolute Gasteiger partial charge is 0.342 e. The third-order valence-corrected chi connectivity index (χ3v) is 3.35. The molecule has 1 aromatic rings. The van der Waals surface area contributed by atoms with E-state index in [0.29, 0.717) is 17.7 Å². The van der Waals surface area contributed by atoms with E-state index in [0.717, 1.165) is 0 Å². The number of rotatable bonds is 5. The summed E-state index contributed by atoms with van der Waals surface area (Å²) in [7, 11) is 2.84. The largest absolute Gasteiger partial charge is 0.497 e. The number of esters is 1. The maximum atomic E-state index is 11.9. The minimum Gasteiger partial charge on any atom is -0.497 e. The molecule has 1 N–H and O–H groups in total. The van der Waals surface area contributed by atoms with Crippen molar-refractivity contribution in [3.63, 3.8) is 0 Å². The van der Waals surface area contributed by atoms with E-state index in [-0.39, 0.29) is 5.92 Å². The highest BCUT2D eigenvalue weighted by Gasteiger charge is 2.43. The quantitative estimate of drug-likeness (QED) is 0.815. The van der Waals surface area contributed by atoms with E-state index in [1.165, 1.54) is 7.11 Å². The van der Waals surface area contributed by atoms with E-state index in [2.05, 4.69) is 0 Å². The van der Waals surface area contributed by atoms with Gasteiger partial charge >= 0.3 is 5.97 Å². The Bertz CT molecular complexity index is 399. The number of carbonyl (C=O) groups is 1. The zero-order valence-electron chi connectivity index (χ0n) is 11.3. The highest BCUT2D eigenvalue weighted by atomic mass is 16.5. The second kappa shape index (κ2) is 5.87. The first-order valence-electron chi connectivity index (χ1n) is 5.96. The summed E-state index contributed by atoms with van der Waals surface area (Å²) in [5.41, 5.74) is -1.10. The summed E-state index contributed by atoms with van der Waals surface area (Å²) in [4.78, 5) is 11.9. The van der Waals surface area contributed by atoms with Gasteiger partial charge in [-0.3, -0.25) is 0 Å². The van der Waals surface area contributed by atoms with Gasteiger partial charge in [-0.15, -0.1) is 0 Å². The number of aliphatic hydroxyl groups is 1. The third-order valence-electron chi connectivity index (χ3n) is 3.35. The average Bonchev–Trinajstić information content (AvgIpc) is 2.44. The maximum absolute atomic E-state index is 11.9. The first-order valence-corrected chi connectivity index (χ1v) is 5.96. The molecule has 0 aliphatic carbocycles. The summed E-state index contributed by atoms with van der Waals surface area (Å²) in [6.07, 6.45) is 0.664. The Kier molecular flexibility index (Phi) is 4.73. The van der Waals surface area contributed by atoms with Gasteiger partial charge in [-0.1, -0.05) is 26.0 Å². The molecule has 0 aliphatic heterocycles. The van der Waals surface area contributed by atoms with Crippen LogP contribution in [0.5, 0.6) is 5.75 Å². The van der Waals surface area contributed by atoms with Crippen molar-refractivity contribution in [2.24, 2.45) is 5.92 Å². The highest BCUT2D eigenvalue weighted by molar-refractivity contribution is 5.81. The second-order valence-corrected chi connectivity index (χ2v) is 4.30. The Balaban J connectivity index is 3.20. The van der Waals surface area contributed by atoms with Crippen LogP contribution >= 0.6 is 0 Å². The van der Waals surface area contributed by atoms with E-state index in [9.17, 15) is 9.90 Å². The molecule has 2 unspecified atom stereocenters. The highest BCUT2D eigenvalue weighted by Crippen LogP contribution is 2.33. The van der Waals surface area contributed by atoms with Crippen molar-refractivity contribution in [3.05, 3.63) is 29.8 Å². The summed E-state index contributed by atoms with van der Waals surface area (Å²) >= 11 is 0. The van der Waals surface area contributed by atoms with Crippen LogP contribution in [0.25, 0.3) is 0 Å². The predicted molar refractivity (Wildman–Crippen MR) is 68.4 cm³/mol. The number of benzene rings is 1. The van der Waals surface area contributed by atoms with Crippen LogP contribution < -0.4 is 4.74 Å². The molecular weight excluding hydrogens is 232 g/mol. The molecule has 2 atom stereocenters. The zero-order valence-corrected chi connectivity index (χ0v) is 11.3. The zero-order chi connectivity index (χ0) is 13.8. The molecule has 100 valence electrons. The van der Waals surface area contributed by atoms with E-state index >= 15 is 0 Å². The van der Waals surface area contributed by atoms with Crippen LogP contribution in [0.15, 0.2) is 24.3 Å². The minimum absolute atomic E-state index is 0.238. The predicted octanol–water partition coefficient (Wildman–Crippen LogP) is 2.10. The Morgan fingerprint density at radius 2 is 1.89 bits per heavy atom. The summed E-state index contributed by atoms with van der Waals surface area (Å²) < 4.78 is 9.79. The van der Waals surface area contributed by atoms with Gasteiger partial charge in [-0.25, -0.2) is 4.79 Å². The van der Waals surface area contributed by atoms with Gasteiger partial charge in [0.1, 0.15) is 5.75 Å². The molecule has 0 fully saturated rings. The van der Waals surface area contributed by atoms with Gasteiger partial charge in [0, 0.05) is 0 Å². The van der Waals surface area contributed by atoms with E-state index in [4.69, 9.17) is 9.47 Å². The first-order chi connectivity index (χ1) is 8.50. The summed E-state index contributed by atoms with van der Waals surface area (Å²) in [5, 5.41) is 10.7. The van der Waals surface area contributed by atoms with Gasteiger partial charge in [0.15, 0.2) is 5.60 Å². The summed E-state index contributed by atoms with van der Waals surface area (Å²) in [6, 6.07) is 6.79. The van der Waals surface area contributed by atoms with Crippen molar-refractivity contribution < 1.29 is 19.4 Å². The van der Waals surface area contributed by atoms with Crippen molar-refractivity contribution in [1.29, 1.82) is 0 Å². The average molecular weight is 252 g/mol. The monoisotopic (exact) mass is 252 g/mol. The van der Waals surface area contributed by atoms with Gasteiger partial charge < -0.3 is 14.6 Å². The van der Waals surface area contributed by atoms with Gasteiger partial charge in [0.05, 0.1) is 14.2 Å². The number of carbonyl (C=O) groups excluding carboxylic acids is 1. The molecule has 0 aliphatic rings. The van der Waals surface area contributed by atoms with Crippen LogP contribution in [-0.4, -0.2) is 25.3 Å². The fraction of sp³-hybridized carbons (Fsp3) is 0.500. The molecule has 0 heterocycles. The lowest BCUT2D eigenvalue weighted by molar-refractivity contribution is -0.170. The molecule has 0 bridgehead atoms. The SMILES string of the molecule is CCC(C)C(O)(C(=O)OC)c1ccc(OC)cc1. The van der Waals surface area contributed by atoms with Crippen LogP contribution in [0.3, 0.4) is 0 Å². The molecule has 1 aromatic carbocycles. The number of ether oxygens (including phenoxy) is 2. The molecule has 0 amide bonds. The standard InChI is InChI=1S/C14H20O4/c1-5-10(2)14(16,13(15)18-4)11-6-8-12(17-3)9-7-11/h6-10,16H,5H2,1-4H3. The normalized spacial score (nSPS) is 15.6. The lowest BCUT2D eigenvalue weighted by Crippen LogP contribution is -2.42. The Hall–Kier alpha value is -1.55. The van der Waals surface area contributed by atoms with Gasteiger partial charge in [0.2, 0.25) is 0 Å². The number of hydrogen-bond donors (Lipinski definition) is 1.